The molecule has 1 aromatic carbocycles. The van der Waals surface area contributed by atoms with Crippen LogP contribution in [0.4, 0.5) is 4.79 Å². The molecule has 4 atom stereocenters. The van der Waals surface area contributed by atoms with Gasteiger partial charge in [-0.1, -0.05) is 24.3 Å². The number of ether oxygens (including phenoxy) is 1. The van der Waals surface area contributed by atoms with Crippen LogP contribution in [0.1, 0.15) is 32.8 Å². The summed E-state index contributed by atoms with van der Waals surface area (Å²) >= 11 is 1.82. The maximum atomic E-state index is 12.6. The Balaban J connectivity index is 1.19. The minimum absolute atomic E-state index is 0.0385. The van der Waals surface area contributed by atoms with E-state index in [4.69, 9.17) is 4.74 Å². The normalized spacial score (nSPS) is 27.0. The van der Waals surface area contributed by atoms with E-state index in [1.54, 1.807) is 0 Å². The fourth-order valence-electron chi connectivity index (χ4n) is 4.87. The van der Waals surface area contributed by atoms with E-state index in [0.29, 0.717) is 24.4 Å². The van der Waals surface area contributed by atoms with Crippen LogP contribution in [0.2, 0.25) is 0 Å². The molecule has 4 unspecified atom stereocenters. The van der Waals surface area contributed by atoms with E-state index in [2.05, 4.69) is 58.9 Å². The number of aryl methyl sites for hydroxylation is 1. The Morgan fingerprint density at radius 2 is 2.07 bits per heavy atom. The summed E-state index contributed by atoms with van der Waals surface area (Å²) in [6.07, 6.45) is 1.09. The second kappa shape index (κ2) is 7.50. The summed E-state index contributed by atoms with van der Waals surface area (Å²) in [5.41, 5.74) is 2.88. The summed E-state index contributed by atoms with van der Waals surface area (Å²) in [5, 5.41) is 6.37. The molecule has 2 aromatic rings. The van der Waals surface area contributed by atoms with Gasteiger partial charge in [-0.15, -0.1) is 11.3 Å². The third-order valence-corrected chi connectivity index (χ3v) is 7.47. The average Bonchev–Trinajstić information content (AvgIpc) is 3.04. The van der Waals surface area contributed by atoms with E-state index in [9.17, 15) is 4.79 Å². The maximum absolute atomic E-state index is 12.6. The zero-order valence-electron chi connectivity index (χ0n) is 16.2. The van der Waals surface area contributed by atoms with Gasteiger partial charge in [0, 0.05) is 41.3 Å². The third kappa shape index (κ3) is 3.45. The van der Waals surface area contributed by atoms with Gasteiger partial charge in [-0.3, -0.25) is 4.90 Å². The molecule has 1 saturated carbocycles. The van der Waals surface area contributed by atoms with Gasteiger partial charge in [-0.2, -0.15) is 0 Å². The number of carbonyl (C=O) groups excluding carboxylic acids is 1. The number of rotatable bonds is 5. The zero-order valence-corrected chi connectivity index (χ0v) is 17.0. The van der Waals surface area contributed by atoms with Gasteiger partial charge in [-0.05, 0) is 42.5 Å². The lowest BCUT2D eigenvalue weighted by Gasteiger charge is -2.34. The molecule has 2 amide bonds. The average molecular weight is 398 g/mol. The van der Waals surface area contributed by atoms with Crippen molar-refractivity contribution < 1.29 is 9.53 Å². The Kier molecular flexibility index (Phi) is 4.87. The highest BCUT2D eigenvalue weighted by molar-refractivity contribution is 7.12. The molecule has 1 aliphatic heterocycles. The van der Waals surface area contributed by atoms with E-state index in [0.717, 1.165) is 32.7 Å². The minimum Gasteiger partial charge on any atom is -0.379 e. The largest absolute Gasteiger partial charge is 0.379 e. The molecular formula is C22H27N3O2S. The first-order valence-electron chi connectivity index (χ1n) is 10.2. The second-order valence-corrected chi connectivity index (χ2v) is 9.40. The number of nitrogens with zero attached hydrogens (tertiary/aromatic N) is 1. The lowest BCUT2D eigenvalue weighted by atomic mass is 10.1. The van der Waals surface area contributed by atoms with Crippen LogP contribution in [0.5, 0.6) is 0 Å². The fraction of sp³-hybridized carbons (Fsp3) is 0.500. The number of amides is 2. The highest BCUT2D eigenvalue weighted by Gasteiger charge is 2.56. The number of carbonyl (C=O) groups is 1. The van der Waals surface area contributed by atoms with E-state index in [1.807, 2.05) is 11.3 Å². The van der Waals surface area contributed by atoms with Crippen LogP contribution in [-0.4, -0.2) is 49.8 Å². The highest BCUT2D eigenvalue weighted by atomic mass is 32.1. The van der Waals surface area contributed by atoms with Gasteiger partial charge < -0.3 is 15.4 Å². The number of nitrogens with one attached hydrogen (secondary N) is 2. The van der Waals surface area contributed by atoms with Crippen molar-refractivity contribution >= 4 is 17.4 Å². The van der Waals surface area contributed by atoms with Crippen molar-refractivity contribution in [3.8, 4) is 0 Å². The van der Waals surface area contributed by atoms with Gasteiger partial charge in [0.1, 0.15) is 0 Å². The molecule has 2 fully saturated rings. The van der Waals surface area contributed by atoms with Crippen molar-refractivity contribution in [1.82, 2.24) is 15.5 Å². The number of fused-ring (bicyclic) bond motifs is 3. The summed E-state index contributed by atoms with van der Waals surface area (Å²) in [5.74, 6) is 1.09. The van der Waals surface area contributed by atoms with E-state index in [1.165, 1.54) is 20.9 Å². The molecule has 0 bridgehead atoms. The summed E-state index contributed by atoms with van der Waals surface area (Å²) < 4.78 is 5.51. The molecule has 2 N–H and O–H groups in total. The van der Waals surface area contributed by atoms with Gasteiger partial charge in [0.25, 0.3) is 0 Å². The summed E-state index contributed by atoms with van der Waals surface area (Å²) in [6.45, 7) is 6.11. The molecular weight excluding hydrogens is 370 g/mol. The lowest BCUT2D eigenvalue weighted by molar-refractivity contribution is 0.0174. The van der Waals surface area contributed by atoms with Crippen molar-refractivity contribution in [2.45, 2.75) is 31.3 Å². The predicted molar refractivity (Wildman–Crippen MR) is 111 cm³/mol. The molecule has 2 heterocycles. The minimum atomic E-state index is -0.0385. The molecule has 5 rings (SSSR count). The second-order valence-electron chi connectivity index (χ2n) is 8.09. The number of urea groups is 1. The summed E-state index contributed by atoms with van der Waals surface area (Å²) in [7, 11) is 0. The standard InChI is InChI=1S/C22H27N3O2S/c1-14-6-7-19(28-14)18(25-8-10-27-11-9-25)13-23-22(26)24-21-17-12-15-4-2-3-5-16(15)20(17)21/h2-7,17-18,20-21H,8-13H2,1H3,(H2,23,24,26). The number of hydrogen-bond acceptors (Lipinski definition) is 4. The molecule has 0 spiro atoms. The van der Waals surface area contributed by atoms with Crippen molar-refractivity contribution in [2.24, 2.45) is 5.92 Å². The summed E-state index contributed by atoms with van der Waals surface area (Å²) in [6, 6.07) is 13.5. The number of thiophene rings is 1. The SMILES string of the molecule is Cc1ccc(C(CNC(=O)NC2C3Cc4ccccc4C32)N2CCOCC2)s1. The van der Waals surface area contributed by atoms with Crippen LogP contribution in [-0.2, 0) is 11.2 Å². The van der Waals surface area contributed by atoms with Crippen LogP contribution in [0.3, 0.4) is 0 Å². The quantitative estimate of drug-likeness (QED) is 0.815. The van der Waals surface area contributed by atoms with Crippen LogP contribution >= 0.6 is 11.3 Å². The van der Waals surface area contributed by atoms with Crippen molar-refractivity contribution in [2.75, 3.05) is 32.8 Å². The molecule has 1 aromatic heterocycles. The van der Waals surface area contributed by atoms with Crippen molar-refractivity contribution in [1.29, 1.82) is 0 Å². The van der Waals surface area contributed by atoms with Crippen LogP contribution < -0.4 is 10.6 Å². The molecule has 148 valence electrons. The first-order chi connectivity index (χ1) is 13.7. The third-order valence-electron chi connectivity index (χ3n) is 6.37. The Hall–Kier alpha value is -1.89. The molecule has 28 heavy (non-hydrogen) atoms. The molecule has 0 radical (unpaired) electrons. The predicted octanol–water partition coefficient (Wildman–Crippen LogP) is 3.07. The number of hydrogen-bond donors (Lipinski definition) is 2. The van der Waals surface area contributed by atoms with Gasteiger partial charge >= 0.3 is 6.03 Å². The zero-order chi connectivity index (χ0) is 19.1. The first-order valence-corrected chi connectivity index (χ1v) is 11.0. The molecule has 3 aliphatic rings. The van der Waals surface area contributed by atoms with E-state index >= 15 is 0 Å². The maximum Gasteiger partial charge on any atom is 0.315 e. The van der Waals surface area contributed by atoms with E-state index in [-0.39, 0.29) is 12.1 Å². The van der Waals surface area contributed by atoms with Crippen LogP contribution in [0, 0.1) is 12.8 Å². The topological polar surface area (TPSA) is 53.6 Å². The van der Waals surface area contributed by atoms with Gasteiger partial charge in [0.15, 0.2) is 0 Å². The molecule has 5 nitrogen and oxygen atoms in total. The van der Waals surface area contributed by atoms with Gasteiger partial charge in [0.05, 0.1) is 19.3 Å². The Labute approximate surface area is 170 Å². The number of benzene rings is 1. The molecule has 1 saturated heterocycles. The van der Waals surface area contributed by atoms with E-state index < -0.39 is 0 Å². The fourth-order valence-corrected chi connectivity index (χ4v) is 5.88. The number of morpholine rings is 1. The smallest absolute Gasteiger partial charge is 0.315 e. The van der Waals surface area contributed by atoms with Gasteiger partial charge in [0.2, 0.25) is 0 Å². The van der Waals surface area contributed by atoms with Crippen molar-refractivity contribution in [3.05, 3.63) is 57.3 Å². The van der Waals surface area contributed by atoms with Crippen molar-refractivity contribution in [3.63, 3.8) is 0 Å². The monoisotopic (exact) mass is 397 g/mol. The van der Waals surface area contributed by atoms with Crippen LogP contribution in [0.15, 0.2) is 36.4 Å². The molecule has 6 heteroatoms. The Bertz CT molecular complexity index is 861. The summed E-state index contributed by atoms with van der Waals surface area (Å²) in [4.78, 5) is 17.7. The Morgan fingerprint density at radius 3 is 2.86 bits per heavy atom. The van der Waals surface area contributed by atoms with Gasteiger partial charge in [-0.25, -0.2) is 4.79 Å². The Morgan fingerprint density at radius 1 is 1.25 bits per heavy atom. The van der Waals surface area contributed by atoms with Crippen LogP contribution in [0.25, 0.3) is 0 Å². The highest BCUT2D eigenvalue weighted by Crippen LogP contribution is 2.56. The first kappa shape index (κ1) is 18.2. The lowest BCUT2D eigenvalue weighted by Crippen LogP contribution is -2.46. The molecule has 2 aliphatic carbocycles.